The van der Waals surface area contributed by atoms with Gasteiger partial charge in [0.2, 0.25) is 0 Å². The molecule has 0 aliphatic heterocycles. The summed E-state index contributed by atoms with van der Waals surface area (Å²) in [5.74, 6) is -0.0672. The summed E-state index contributed by atoms with van der Waals surface area (Å²) >= 11 is 5.19. The third kappa shape index (κ3) is 3.02. The Morgan fingerprint density at radius 2 is 1.43 bits per heavy atom. The van der Waals surface area contributed by atoms with Crippen LogP contribution in [0.15, 0.2) is 0 Å². The molecule has 0 radical (unpaired) electrons. The molecular formula is C4H11ClO7P2. The molecule has 0 atom stereocenters. The normalized spacial score (nSPS) is 14.4. The molecule has 0 saturated carbocycles. The predicted octanol–water partition coefficient (Wildman–Crippen LogP) is 0.00690. The summed E-state index contributed by atoms with van der Waals surface area (Å²) in [4.78, 5) is 34.5. The van der Waals surface area contributed by atoms with Gasteiger partial charge in [0, 0.05) is 12.3 Å². The van der Waals surface area contributed by atoms with E-state index in [4.69, 9.17) is 31.2 Å². The molecule has 0 bridgehead atoms. The van der Waals surface area contributed by atoms with Crippen LogP contribution in [0.25, 0.3) is 0 Å². The summed E-state index contributed by atoms with van der Waals surface area (Å²) in [6, 6.07) is 0. The Kier molecular flexibility index (Phi) is 4.78. The van der Waals surface area contributed by atoms with Gasteiger partial charge >= 0.3 is 15.2 Å². The second-order valence-corrected chi connectivity index (χ2v) is 7.04. The van der Waals surface area contributed by atoms with E-state index in [2.05, 4.69) is 0 Å². The van der Waals surface area contributed by atoms with Gasteiger partial charge in [0.15, 0.2) is 0 Å². The zero-order valence-corrected chi connectivity index (χ0v) is 9.49. The molecule has 0 rings (SSSR count). The fraction of sp³-hybridized carbons (Fsp3) is 1.00. The molecular weight excluding hydrogens is 257 g/mol. The van der Waals surface area contributed by atoms with Crippen molar-refractivity contribution in [3.8, 4) is 0 Å². The third-order valence-electron chi connectivity index (χ3n) is 1.58. The van der Waals surface area contributed by atoms with Crippen LogP contribution in [0.3, 0.4) is 0 Å². The fourth-order valence-electron chi connectivity index (χ4n) is 0.765. The van der Waals surface area contributed by atoms with Crippen molar-refractivity contribution in [2.24, 2.45) is 0 Å². The Morgan fingerprint density at radius 3 is 1.64 bits per heavy atom. The minimum absolute atomic E-state index is 0.0672. The van der Waals surface area contributed by atoms with Crippen molar-refractivity contribution < 1.29 is 33.8 Å². The third-order valence-corrected chi connectivity index (χ3v) is 5.72. The van der Waals surface area contributed by atoms with Gasteiger partial charge in [0.25, 0.3) is 5.08 Å². The minimum atomic E-state index is -5.31. The lowest BCUT2D eigenvalue weighted by Gasteiger charge is -2.28. The lowest BCUT2D eigenvalue weighted by atomic mass is 10.3. The number of aliphatic hydroxyl groups is 1. The first-order valence-electron chi connectivity index (χ1n) is 3.46. The summed E-state index contributed by atoms with van der Waals surface area (Å²) in [5, 5.41) is 5.91. The van der Waals surface area contributed by atoms with Gasteiger partial charge in [0.05, 0.1) is 0 Å². The number of alkyl halides is 1. The second-order valence-electron chi connectivity index (χ2n) is 2.65. The average Bonchev–Trinajstić information content (AvgIpc) is 1.95. The van der Waals surface area contributed by atoms with Crippen molar-refractivity contribution in [3.05, 3.63) is 0 Å². The monoisotopic (exact) mass is 268 g/mol. The molecule has 0 aromatic heterocycles. The molecule has 86 valence electrons. The molecule has 10 heteroatoms. The second kappa shape index (κ2) is 4.60. The van der Waals surface area contributed by atoms with Crippen LogP contribution in [0.1, 0.15) is 12.8 Å². The smallest absolute Gasteiger partial charge is 0.368 e. The topological polar surface area (TPSA) is 135 Å². The number of hydrogen-bond acceptors (Lipinski definition) is 3. The SMILES string of the molecule is O=P(O)(O)C(O)(CCCCl)P(=O)(O)O. The molecule has 0 fully saturated rings. The highest BCUT2D eigenvalue weighted by Gasteiger charge is 2.58. The highest BCUT2D eigenvalue weighted by atomic mass is 35.5. The van der Waals surface area contributed by atoms with Gasteiger partial charge in [-0.05, 0) is 6.42 Å². The average molecular weight is 269 g/mol. The number of halogens is 1. The maximum atomic E-state index is 10.7. The standard InChI is InChI=1S/C4H11ClO7P2/c5-3-1-2-4(6,13(7,8)9)14(10,11)12/h6H,1-3H2,(H2,7,8,9)(H2,10,11,12). The lowest BCUT2D eigenvalue weighted by Crippen LogP contribution is -2.28. The molecule has 0 spiro atoms. The van der Waals surface area contributed by atoms with Crippen molar-refractivity contribution in [1.82, 2.24) is 0 Å². The Balaban J connectivity index is 5.08. The lowest BCUT2D eigenvalue weighted by molar-refractivity contribution is 0.122. The van der Waals surface area contributed by atoms with E-state index in [1.54, 1.807) is 0 Å². The molecule has 0 unspecified atom stereocenters. The van der Waals surface area contributed by atoms with E-state index in [9.17, 15) is 14.2 Å². The first kappa shape index (κ1) is 14.6. The summed E-state index contributed by atoms with van der Waals surface area (Å²) < 4.78 is 21.4. The van der Waals surface area contributed by atoms with Crippen molar-refractivity contribution >= 4 is 26.8 Å². The van der Waals surface area contributed by atoms with E-state index in [1.165, 1.54) is 0 Å². The van der Waals surface area contributed by atoms with E-state index in [-0.39, 0.29) is 12.3 Å². The minimum Gasteiger partial charge on any atom is -0.368 e. The van der Waals surface area contributed by atoms with Gasteiger partial charge in [-0.25, -0.2) is 0 Å². The summed E-state index contributed by atoms with van der Waals surface area (Å²) in [5.41, 5.74) is 0. The van der Waals surface area contributed by atoms with E-state index < -0.39 is 26.7 Å². The zero-order valence-electron chi connectivity index (χ0n) is 6.95. The van der Waals surface area contributed by atoms with Crippen LogP contribution in [-0.2, 0) is 9.13 Å². The van der Waals surface area contributed by atoms with E-state index in [0.717, 1.165) is 0 Å². The van der Waals surface area contributed by atoms with Crippen LogP contribution in [-0.4, -0.2) is 35.6 Å². The summed E-state index contributed by atoms with van der Waals surface area (Å²) in [6.45, 7) is 0. The van der Waals surface area contributed by atoms with Crippen molar-refractivity contribution in [3.63, 3.8) is 0 Å². The van der Waals surface area contributed by atoms with Crippen LogP contribution in [0.2, 0.25) is 0 Å². The van der Waals surface area contributed by atoms with Crippen molar-refractivity contribution in [2.45, 2.75) is 17.9 Å². The highest BCUT2D eigenvalue weighted by Crippen LogP contribution is 2.69. The first-order valence-corrected chi connectivity index (χ1v) is 7.22. The molecule has 0 aliphatic carbocycles. The fourth-order valence-corrected chi connectivity index (χ4v) is 3.15. The Labute approximate surface area is 85.0 Å². The summed E-state index contributed by atoms with van der Waals surface area (Å²) in [7, 11) is -10.6. The molecule has 0 saturated heterocycles. The maximum Gasteiger partial charge on any atom is 0.369 e. The maximum absolute atomic E-state index is 10.7. The van der Waals surface area contributed by atoms with Gasteiger partial charge in [-0.15, -0.1) is 11.6 Å². The molecule has 0 amide bonds. The molecule has 0 aromatic carbocycles. The Morgan fingerprint density at radius 1 is 1.07 bits per heavy atom. The molecule has 5 N–H and O–H groups in total. The van der Waals surface area contributed by atoms with Crippen LogP contribution in [0.4, 0.5) is 0 Å². The van der Waals surface area contributed by atoms with Crippen molar-refractivity contribution in [1.29, 1.82) is 0 Å². The van der Waals surface area contributed by atoms with Crippen molar-refractivity contribution in [2.75, 3.05) is 5.88 Å². The Hall–Kier alpha value is 0.550. The quantitative estimate of drug-likeness (QED) is 0.350. The van der Waals surface area contributed by atoms with E-state index >= 15 is 0 Å². The van der Waals surface area contributed by atoms with E-state index in [0.29, 0.717) is 0 Å². The van der Waals surface area contributed by atoms with Gasteiger partial charge < -0.3 is 24.7 Å². The van der Waals surface area contributed by atoms with E-state index in [1.807, 2.05) is 0 Å². The Bertz CT molecular complexity index is 257. The number of hydrogen-bond donors (Lipinski definition) is 5. The predicted molar refractivity (Wildman–Crippen MR) is 49.0 cm³/mol. The molecule has 7 nitrogen and oxygen atoms in total. The van der Waals surface area contributed by atoms with Gasteiger partial charge in [-0.2, -0.15) is 0 Å². The molecule has 0 heterocycles. The summed E-state index contributed by atoms with van der Waals surface area (Å²) in [6.07, 6.45) is -0.876. The molecule has 0 aromatic rings. The van der Waals surface area contributed by atoms with Crippen LogP contribution in [0.5, 0.6) is 0 Å². The van der Waals surface area contributed by atoms with Crippen LogP contribution < -0.4 is 0 Å². The highest BCUT2D eigenvalue weighted by molar-refractivity contribution is 7.72. The molecule has 0 aliphatic rings. The zero-order chi connectivity index (χ0) is 11.6. The van der Waals surface area contributed by atoms with Gasteiger partial charge in [-0.1, -0.05) is 0 Å². The van der Waals surface area contributed by atoms with Crippen LogP contribution in [0, 0.1) is 0 Å². The molecule has 14 heavy (non-hydrogen) atoms. The first-order chi connectivity index (χ1) is 6.06. The van der Waals surface area contributed by atoms with Gasteiger partial charge in [0.1, 0.15) is 0 Å². The van der Waals surface area contributed by atoms with Crippen LogP contribution >= 0.6 is 26.8 Å². The number of rotatable bonds is 5. The largest absolute Gasteiger partial charge is 0.369 e. The van der Waals surface area contributed by atoms with Gasteiger partial charge in [-0.3, -0.25) is 9.13 Å².